The summed E-state index contributed by atoms with van der Waals surface area (Å²) < 4.78 is 36.7. The lowest BCUT2D eigenvalue weighted by molar-refractivity contribution is -0.119. The molecule has 1 aliphatic heterocycles. The molecule has 2 aromatic heterocycles. The average molecular weight is 457 g/mol. The second-order valence-electron chi connectivity index (χ2n) is 5.96. The van der Waals surface area contributed by atoms with Gasteiger partial charge in [-0.3, -0.25) is 10.1 Å². The zero-order valence-corrected chi connectivity index (χ0v) is 18.0. The van der Waals surface area contributed by atoms with Crippen LogP contribution in [0, 0.1) is 0 Å². The lowest BCUT2D eigenvalue weighted by Crippen LogP contribution is -2.43. The summed E-state index contributed by atoms with van der Waals surface area (Å²) in [5.41, 5.74) is 0.866. The number of hydrogen-bond donors (Lipinski definition) is 1. The molecule has 13 heteroatoms. The van der Waals surface area contributed by atoms with E-state index in [1.54, 1.807) is 12.1 Å². The molecule has 1 amide bonds. The number of benzene rings is 1. The smallest absolute Gasteiger partial charge is 0.246 e. The highest BCUT2D eigenvalue weighted by molar-refractivity contribution is 8.01. The van der Waals surface area contributed by atoms with Crippen molar-refractivity contribution < 1.29 is 13.2 Å². The maximum absolute atomic E-state index is 13.3. The van der Waals surface area contributed by atoms with Crippen LogP contribution >= 0.6 is 34.8 Å². The molecule has 28 heavy (non-hydrogen) atoms. The van der Waals surface area contributed by atoms with Crippen molar-refractivity contribution in [3.63, 3.8) is 0 Å². The van der Waals surface area contributed by atoms with Gasteiger partial charge in [-0.25, -0.2) is 8.42 Å². The van der Waals surface area contributed by atoms with E-state index in [2.05, 4.69) is 24.3 Å². The highest BCUT2D eigenvalue weighted by Crippen LogP contribution is 2.31. The number of nitrogens with zero attached hydrogens (tertiary/aromatic N) is 5. The molecular formula is C15H16N6O3S4. The lowest BCUT2D eigenvalue weighted by atomic mass is 10.2. The van der Waals surface area contributed by atoms with E-state index in [9.17, 15) is 13.2 Å². The summed E-state index contributed by atoms with van der Waals surface area (Å²) in [6.45, 7) is 2.28. The van der Waals surface area contributed by atoms with Crippen molar-refractivity contribution in [1.29, 1.82) is 0 Å². The summed E-state index contributed by atoms with van der Waals surface area (Å²) in [6.07, 6.45) is 1.06. The van der Waals surface area contributed by atoms with E-state index < -0.39 is 22.0 Å². The number of sulfonamides is 1. The minimum Gasteiger partial charge on any atom is -0.299 e. The monoisotopic (exact) mass is 456 g/mol. The van der Waals surface area contributed by atoms with Gasteiger partial charge in [-0.1, -0.05) is 36.1 Å². The molecule has 1 saturated heterocycles. The summed E-state index contributed by atoms with van der Waals surface area (Å²) in [5.74, 6) is 0.461. The number of rotatable bonds is 6. The van der Waals surface area contributed by atoms with Crippen molar-refractivity contribution in [2.24, 2.45) is 0 Å². The summed E-state index contributed by atoms with van der Waals surface area (Å²) in [7, 11) is -3.89. The third-order valence-corrected chi connectivity index (χ3v) is 8.58. The van der Waals surface area contributed by atoms with Gasteiger partial charge >= 0.3 is 0 Å². The van der Waals surface area contributed by atoms with E-state index in [1.165, 1.54) is 33.5 Å². The Kier molecular flexibility index (Phi) is 5.60. The van der Waals surface area contributed by atoms with Gasteiger partial charge in [-0.2, -0.15) is 13.1 Å². The van der Waals surface area contributed by atoms with Crippen LogP contribution in [0.15, 0.2) is 27.4 Å². The molecule has 1 fully saturated rings. The molecule has 9 nitrogen and oxygen atoms in total. The second-order valence-corrected chi connectivity index (χ2v) is 10.8. The van der Waals surface area contributed by atoms with Crippen molar-refractivity contribution in [1.82, 2.24) is 23.2 Å². The molecule has 4 rings (SSSR count). The highest BCUT2D eigenvalue weighted by atomic mass is 32.2. The fourth-order valence-electron chi connectivity index (χ4n) is 3.04. The van der Waals surface area contributed by atoms with Gasteiger partial charge < -0.3 is 0 Å². The summed E-state index contributed by atoms with van der Waals surface area (Å²) >= 11 is 3.77. The molecule has 1 aromatic carbocycles. The standard InChI is InChI=1S/C15H16N6O3S4/c1-2-25-15-18-17-14(26-15)16-13(22)10-6-4-8-21(10)28(23,24)11-7-3-5-9-12(11)20-27-19-9/h3,5,7,10H,2,4,6,8H2,1H3,(H,16,17,22). The maximum Gasteiger partial charge on any atom is 0.246 e. The molecule has 3 heterocycles. The number of fused-ring (bicyclic) bond motifs is 1. The van der Waals surface area contributed by atoms with Crippen molar-refractivity contribution in [3.05, 3.63) is 18.2 Å². The van der Waals surface area contributed by atoms with Crippen molar-refractivity contribution in [3.8, 4) is 0 Å². The molecule has 0 spiro atoms. The Hall–Kier alpha value is -1.67. The Labute approximate surface area is 173 Å². The zero-order valence-electron chi connectivity index (χ0n) is 14.7. The van der Waals surface area contributed by atoms with Crippen LogP contribution in [0.25, 0.3) is 11.0 Å². The number of anilines is 1. The van der Waals surface area contributed by atoms with Gasteiger partial charge in [0.05, 0.1) is 11.7 Å². The van der Waals surface area contributed by atoms with Crippen LogP contribution in [-0.4, -0.2) is 55.9 Å². The van der Waals surface area contributed by atoms with Gasteiger partial charge in [0.2, 0.25) is 21.1 Å². The predicted molar refractivity (Wildman–Crippen MR) is 109 cm³/mol. The molecule has 1 atom stereocenters. The fraction of sp³-hybridized carbons (Fsp3) is 0.400. The average Bonchev–Trinajstić information content (AvgIpc) is 3.41. The van der Waals surface area contributed by atoms with Crippen molar-refractivity contribution in [2.75, 3.05) is 17.6 Å². The maximum atomic E-state index is 13.3. The molecule has 1 N–H and O–H groups in total. The van der Waals surface area contributed by atoms with E-state index in [0.29, 0.717) is 29.0 Å². The normalized spacial score (nSPS) is 18.0. The Balaban J connectivity index is 1.58. The van der Waals surface area contributed by atoms with Gasteiger partial charge in [-0.15, -0.1) is 10.2 Å². The van der Waals surface area contributed by atoms with Crippen molar-refractivity contribution in [2.45, 2.75) is 35.0 Å². The number of thioether (sulfide) groups is 1. The van der Waals surface area contributed by atoms with Crippen LogP contribution in [0.5, 0.6) is 0 Å². The predicted octanol–water partition coefficient (Wildman–Crippen LogP) is 2.45. The van der Waals surface area contributed by atoms with Gasteiger partial charge in [0.25, 0.3) is 0 Å². The number of carbonyl (C=O) groups is 1. The first-order chi connectivity index (χ1) is 13.5. The fourth-order valence-corrected chi connectivity index (χ4v) is 7.10. The number of amides is 1. The second kappa shape index (κ2) is 7.99. The minimum atomic E-state index is -3.89. The minimum absolute atomic E-state index is 0.0796. The third-order valence-electron chi connectivity index (χ3n) is 4.25. The van der Waals surface area contributed by atoms with E-state index in [4.69, 9.17) is 0 Å². The van der Waals surface area contributed by atoms with Gasteiger partial charge in [0.1, 0.15) is 22.0 Å². The third kappa shape index (κ3) is 3.64. The Morgan fingerprint density at radius 3 is 3.04 bits per heavy atom. The number of aromatic nitrogens is 4. The summed E-state index contributed by atoms with van der Waals surface area (Å²) in [6, 6.07) is 4.06. The molecule has 3 aromatic rings. The molecule has 0 saturated carbocycles. The topological polar surface area (TPSA) is 118 Å². The molecule has 0 radical (unpaired) electrons. The van der Waals surface area contributed by atoms with E-state index >= 15 is 0 Å². The Bertz CT molecular complexity index is 1110. The molecular weight excluding hydrogens is 440 g/mol. The number of carbonyl (C=O) groups excluding carboxylic acids is 1. The molecule has 1 aliphatic rings. The van der Waals surface area contributed by atoms with Gasteiger partial charge in [0, 0.05) is 6.54 Å². The van der Waals surface area contributed by atoms with Crippen LogP contribution in [-0.2, 0) is 14.8 Å². The van der Waals surface area contributed by atoms with Crippen LogP contribution < -0.4 is 5.32 Å². The van der Waals surface area contributed by atoms with Crippen LogP contribution in [0.1, 0.15) is 19.8 Å². The van der Waals surface area contributed by atoms with Gasteiger partial charge in [-0.05, 0) is 30.7 Å². The molecule has 148 valence electrons. The summed E-state index contributed by atoms with van der Waals surface area (Å²) in [5, 5.41) is 11.0. The van der Waals surface area contributed by atoms with E-state index in [1.807, 2.05) is 6.92 Å². The zero-order chi connectivity index (χ0) is 19.7. The molecule has 1 unspecified atom stereocenters. The van der Waals surface area contributed by atoms with E-state index in [-0.39, 0.29) is 11.4 Å². The van der Waals surface area contributed by atoms with Gasteiger partial charge in [0.15, 0.2) is 4.34 Å². The Morgan fingerprint density at radius 2 is 2.21 bits per heavy atom. The summed E-state index contributed by atoms with van der Waals surface area (Å²) in [4.78, 5) is 12.9. The first-order valence-electron chi connectivity index (χ1n) is 8.51. The number of nitrogens with one attached hydrogen (secondary N) is 1. The molecule has 0 bridgehead atoms. The van der Waals surface area contributed by atoms with Crippen molar-refractivity contribution >= 4 is 66.9 Å². The largest absolute Gasteiger partial charge is 0.299 e. The molecule has 0 aliphatic carbocycles. The highest BCUT2D eigenvalue weighted by Gasteiger charge is 2.40. The van der Waals surface area contributed by atoms with Crippen LogP contribution in [0.4, 0.5) is 5.13 Å². The van der Waals surface area contributed by atoms with E-state index in [0.717, 1.165) is 21.8 Å². The van der Waals surface area contributed by atoms with Crippen LogP contribution in [0.3, 0.4) is 0 Å². The SMILES string of the molecule is CCSc1nnc(NC(=O)C2CCCN2S(=O)(=O)c2cccc3nsnc23)s1. The first kappa shape index (κ1) is 19.6. The quantitative estimate of drug-likeness (QED) is 0.444. The van der Waals surface area contributed by atoms with Crippen LogP contribution in [0.2, 0.25) is 0 Å². The first-order valence-corrected chi connectivity index (χ1v) is 12.5. The number of hydrogen-bond acceptors (Lipinski definition) is 10. The lowest BCUT2D eigenvalue weighted by Gasteiger charge is -2.23. The Morgan fingerprint density at radius 1 is 1.36 bits per heavy atom.